The molecule has 3 rings (SSSR count). The number of hydrogen-bond donors (Lipinski definition) is 2. The zero-order chi connectivity index (χ0) is 14.2. The minimum absolute atomic E-state index is 0.0857. The summed E-state index contributed by atoms with van der Waals surface area (Å²) in [7, 11) is -3.62. The number of anilines is 1. The molecule has 0 radical (unpaired) electrons. The van der Waals surface area contributed by atoms with Crippen molar-refractivity contribution < 1.29 is 8.42 Å². The minimum Gasteiger partial charge on any atom is -0.332 e. The lowest BCUT2D eigenvalue weighted by Gasteiger charge is -2.06. The molecule has 108 valence electrons. The first kappa shape index (κ1) is 13.6. The average Bonchev–Trinajstić information content (AvgIpc) is 3.04. The maximum Gasteiger partial charge on any atom is 0.280 e. The summed E-state index contributed by atoms with van der Waals surface area (Å²) in [5.74, 6) is 0.656. The van der Waals surface area contributed by atoms with Gasteiger partial charge in [-0.3, -0.25) is 4.72 Å². The lowest BCUT2D eigenvalue weighted by atomic mass is 10.0. The van der Waals surface area contributed by atoms with Gasteiger partial charge in [-0.2, -0.15) is 8.42 Å². The van der Waals surface area contributed by atoms with E-state index in [0.717, 1.165) is 31.4 Å². The van der Waals surface area contributed by atoms with E-state index in [9.17, 15) is 8.42 Å². The summed E-state index contributed by atoms with van der Waals surface area (Å²) in [4.78, 5) is 12.4. The van der Waals surface area contributed by atoms with Gasteiger partial charge in [0.25, 0.3) is 10.0 Å². The lowest BCUT2D eigenvalue weighted by molar-refractivity contribution is 0.598. The molecule has 2 heterocycles. The van der Waals surface area contributed by atoms with Crippen molar-refractivity contribution in [2.24, 2.45) is 0 Å². The van der Waals surface area contributed by atoms with Gasteiger partial charge in [-0.15, -0.1) is 11.3 Å². The Morgan fingerprint density at radius 3 is 2.90 bits per heavy atom. The van der Waals surface area contributed by atoms with E-state index in [2.05, 4.69) is 19.7 Å². The molecule has 2 N–H and O–H groups in total. The van der Waals surface area contributed by atoms with Crippen LogP contribution < -0.4 is 4.72 Å². The first-order valence-electron chi connectivity index (χ1n) is 6.64. The lowest BCUT2D eigenvalue weighted by Crippen LogP contribution is -2.13. The van der Waals surface area contributed by atoms with Crippen molar-refractivity contribution in [3.63, 3.8) is 0 Å². The number of nitrogens with zero attached hydrogens (tertiary/aromatic N) is 2. The maximum atomic E-state index is 12.2. The van der Waals surface area contributed by atoms with Crippen LogP contribution in [-0.2, 0) is 29.3 Å². The van der Waals surface area contributed by atoms with Gasteiger partial charge in [0, 0.05) is 11.3 Å². The molecular formula is C12H16N4O2S2. The molecule has 1 aliphatic rings. The van der Waals surface area contributed by atoms with Crippen molar-refractivity contribution in [3.05, 3.63) is 22.6 Å². The Bertz CT molecular complexity index is 694. The number of rotatable bonds is 4. The summed E-state index contributed by atoms with van der Waals surface area (Å²) in [5.41, 5.74) is 1.04. The van der Waals surface area contributed by atoms with Crippen LogP contribution in [0.25, 0.3) is 0 Å². The van der Waals surface area contributed by atoms with Gasteiger partial charge in [-0.05, 0) is 25.7 Å². The summed E-state index contributed by atoms with van der Waals surface area (Å²) >= 11 is 1.43. The number of fused-ring (bicyclic) bond motifs is 1. The van der Waals surface area contributed by atoms with Gasteiger partial charge < -0.3 is 4.98 Å². The molecule has 0 saturated carbocycles. The second-order valence-corrected chi connectivity index (χ2v) is 7.48. The number of sulfonamides is 1. The number of thiazole rings is 1. The van der Waals surface area contributed by atoms with Crippen LogP contribution in [0.2, 0.25) is 0 Å². The Kier molecular flexibility index (Phi) is 3.51. The maximum absolute atomic E-state index is 12.2. The zero-order valence-electron chi connectivity index (χ0n) is 11.1. The Hall–Kier alpha value is -1.41. The van der Waals surface area contributed by atoms with Gasteiger partial charge in [0.15, 0.2) is 10.2 Å². The third-order valence-corrected chi connectivity index (χ3v) is 5.75. The van der Waals surface area contributed by atoms with Crippen molar-refractivity contribution in [2.45, 2.75) is 44.1 Å². The molecule has 1 aliphatic carbocycles. The molecule has 0 saturated heterocycles. The molecule has 0 spiro atoms. The molecule has 2 aromatic rings. The molecule has 2 aromatic heterocycles. The smallest absolute Gasteiger partial charge is 0.280 e. The highest BCUT2D eigenvalue weighted by Crippen LogP contribution is 2.30. The van der Waals surface area contributed by atoms with Gasteiger partial charge in [-0.1, -0.05) is 6.92 Å². The van der Waals surface area contributed by atoms with Crippen LogP contribution in [0, 0.1) is 0 Å². The molecule has 8 heteroatoms. The average molecular weight is 312 g/mol. The fourth-order valence-corrected chi connectivity index (χ4v) is 4.45. The van der Waals surface area contributed by atoms with Crippen LogP contribution >= 0.6 is 11.3 Å². The van der Waals surface area contributed by atoms with E-state index < -0.39 is 10.0 Å². The topological polar surface area (TPSA) is 87.7 Å². The Balaban J connectivity index is 1.84. The van der Waals surface area contributed by atoms with Crippen LogP contribution in [0.1, 0.15) is 36.2 Å². The van der Waals surface area contributed by atoms with Crippen LogP contribution in [0.15, 0.2) is 11.2 Å². The van der Waals surface area contributed by atoms with E-state index >= 15 is 0 Å². The van der Waals surface area contributed by atoms with E-state index in [1.54, 1.807) is 0 Å². The van der Waals surface area contributed by atoms with Crippen molar-refractivity contribution >= 4 is 26.5 Å². The highest BCUT2D eigenvalue weighted by atomic mass is 32.2. The van der Waals surface area contributed by atoms with Gasteiger partial charge >= 0.3 is 0 Å². The van der Waals surface area contributed by atoms with Crippen molar-refractivity contribution in [1.82, 2.24) is 15.0 Å². The Morgan fingerprint density at radius 2 is 2.20 bits per heavy atom. The van der Waals surface area contributed by atoms with Crippen LogP contribution in [-0.4, -0.2) is 23.4 Å². The van der Waals surface area contributed by atoms with E-state index in [4.69, 9.17) is 0 Å². The first-order valence-corrected chi connectivity index (χ1v) is 8.93. The number of nitrogens with one attached hydrogen (secondary N) is 2. The molecular weight excluding hydrogens is 296 g/mol. The van der Waals surface area contributed by atoms with Crippen LogP contribution in [0.3, 0.4) is 0 Å². The molecule has 0 atom stereocenters. The summed E-state index contributed by atoms with van der Waals surface area (Å²) in [6.45, 7) is 1.91. The van der Waals surface area contributed by atoms with Gasteiger partial charge in [0.2, 0.25) is 0 Å². The summed E-state index contributed by atoms with van der Waals surface area (Å²) < 4.78 is 27.0. The second-order valence-electron chi connectivity index (χ2n) is 4.75. The largest absolute Gasteiger partial charge is 0.332 e. The summed E-state index contributed by atoms with van der Waals surface area (Å²) in [6.07, 6.45) is 6.23. The zero-order valence-corrected chi connectivity index (χ0v) is 12.8. The molecule has 20 heavy (non-hydrogen) atoms. The first-order chi connectivity index (χ1) is 9.58. The number of imidazole rings is 1. The Morgan fingerprint density at radius 1 is 1.40 bits per heavy atom. The summed E-state index contributed by atoms with van der Waals surface area (Å²) in [5, 5.41) is 0.534. The van der Waals surface area contributed by atoms with E-state index in [-0.39, 0.29) is 5.03 Å². The number of aromatic amines is 1. The quantitative estimate of drug-likeness (QED) is 0.905. The second kappa shape index (κ2) is 5.17. The molecule has 6 nitrogen and oxygen atoms in total. The van der Waals surface area contributed by atoms with Gasteiger partial charge in [0.1, 0.15) is 5.82 Å². The van der Waals surface area contributed by atoms with Crippen molar-refractivity contribution in [3.8, 4) is 0 Å². The van der Waals surface area contributed by atoms with E-state index in [1.807, 2.05) is 6.92 Å². The van der Waals surface area contributed by atoms with E-state index in [1.165, 1.54) is 22.4 Å². The molecule has 0 aromatic carbocycles. The highest BCUT2D eigenvalue weighted by Gasteiger charge is 2.21. The molecule has 0 bridgehead atoms. The SMILES string of the molecule is CCc1ncc(S(=O)(=O)Nc2nc3c(s2)CCCC3)[nH]1. The van der Waals surface area contributed by atoms with Crippen molar-refractivity contribution in [2.75, 3.05) is 4.72 Å². The molecule has 0 aliphatic heterocycles. The third kappa shape index (κ3) is 2.57. The van der Waals surface area contributed by atoms with Gasteiger partial charge in [-0.25, -0.2) is 9.97 Å². The highest BCUT2D eigenvalue weighted by molar-refractivity contribution is 7.92. The predicted molar refractivity (Wildman–Crippen MR) is 77.5 cm³/mol. The standard InChI is InChI=1S/C12H16N4O2S2/c1-2-10-13-7-11(15-10)20(17,18)16-12-14-8-5-3-4-6-9(8)19-12/h7H,2-6H2,1H3,(H,13,15)(H,14,16). The summed E-state index contributed by atoms with van der Waals surface area (Å²) in [6, 6.07) is 0. The van der Waals surface area contributed by atoms with Crippen LogP contribution in [0.4, 0.5) is 5.13 Å². The number of hydrogen-bond acceptors (Lipinski definition) is 5. The molecule has 0 amide bonds. The Labute approximate surface area is 121 Å². The number of H-pyrrole nitrogens is 1. The fraction of sp³-hybridized carbons (Fsp3) is 0.500. The minimum atomic E-state index is -3.62. The monoisotopic (exact) mass is 312 g/mol. The predicted octanol–water partition coefficient (Wildman–Crippen LogP) is 2.11. The molecule has 0 unspecified atom stereocenters. The number of aryl methyl sites for hydroxylation is 3. The van der Waals surface area contributed by atoms with E-state index in [0.29, 0.717) is 17.4 Å². The number of aromatic nitrogens is 3. The third-order valence-electron chi connectivity index (χ3n) is 3.30. The molecule has 0 fully saturated rings. The fourth-order valence-electron chi connectivity index (χ4n) is 2.23. The normalized spacial score (nSPS) is 15.1. The van der Waals surface area contributed by atoms with Crippen molar-refractivity contribution in [1.29, 1.82) is 0 Å². The van der Waals surface area contributed by atoms with Crippen LogP contribution in [0.5, 0.6) is 0 Å². The van der Waals surface area contributed by atoms with Gasteiger partial charge in [0.05, 0.1) is 11.9 Å².